The Bertz CT molecular complexity index is 323. The van der Waals surface area contributed by atoms with Gasteiger partial charge in [-0.1, -0.05) is 19.0 Å². The van der Waals surface area contributed by atoms with Crippen molar-refractivity contribution in [3.8, 4) is 0 Å². The molecule has 0 aliphatic heterocycles. The number of hydrogen-bond acceptors (Lipinski definition) is 5. The van der Waals surface area contributed by atoms with E-state index in [1.54, 1.807) is 0 Å². The highest BCUT2D eigenvalue weighted by Crippen LogP contribution is 2.03. The second kappa shape index (κ2) is 6.98. The highest BCUT2D eigenvalue weighted by molar-refractivity contribution is 5.69. The van der Waals surface area contributed by atoms with Crippen molar-refractivity contribution in [2.24, 2.45) is 0 Å². The molecule has 1 aromatic heterocycles. The number of carbonyl (C=O) groups excluding carboxylic acids is 1. The Morgan fingerprint density at radius 1 is 1.31 bits per heavy atom. The summed E-state index contributed by atoms with van der Waals surface area (Å²) in [5.41, 5.74) is 0. The second-order valence-electron chi connectivity index (χ2n) is 3.57. The van der Waals surface area contributed by atoms with Crippen LogP contribution < -0.4 is 0 Å². The first-order valence-electron chi connectivity index (χ1n) is 5.73. The second-order valence-corrected chi connectivity index (χ2v) is 3.57. The summed E-state index contributed by atoms with van der Waals surface area (Å²) >= 11 is 0. The average molecular weight is 226 g/mol. The smallest absolute Gasteiger partial charge is 0.306 e. The van der Waals surface area contributed by atoms with E-state index >= 15 is 0 Å². The lowest BCUT2D eigenvalue weighted by Crippen LogP contribution is -2.06. The lowest BCUT2D eigenvalue weighted by molar-refractivity contribution is -0.143. The monoisotopic (exact) mass is 226 g/mol. The van der Waals surface area contributed by atoms with E-state index in [-0.39, 0.29) is 5.97 Å². The van der Waals surface area contributed by atoms with Crippen molar-refractivity contribution in [1.82, 2.24) is 10.1 Å². The van der Waals surface area contributed by atoms with Crippen LogP contribution >= 0.6 is 0 Å². The third kappa shape index (κ3) is 4.42. The Morgan fingerprint density at radius 3 is 2.81 bits per heavy atom. The van der Waals surface area contributed by atoms with Crippen molar-refractivity contribution < 1.29 is 14.1 Å². The lowest BCUT2D eigenvalue weighted by atomic mass is 10.3. The van der Waals surface area contributed by atoms with Crippen LogP contribution in [0.25, 0.3) is 0 Å². The highest BCUT2D eigenvalue weighted by atomic mass is 16.5. The fourth-order valence-corrected chi connectivity index (χ4v) is 1.21. The third-order valence-electron chi connectivity index (χ3n) is 1.99. The molecule has 0 saturated heterocycles. The molecule has 0 amide bonds. The molecule has 0 fully saturated rings. The summed E-state index contributed by atoms with van der Waals surface area (Å²) in [4.78, 5) is 15.4. The minimum absolute atomic E-state index is 0.211. The summed E-state index contributed by atoms with van der Waals surface area (Å²) in [6.45, 7) is 4.49. The van der Waals surface area contributed by atoms with Crippen LogP contribution in [-0.2, 0) is 22.4 Å². The van der Waals surface area contributed by atoms with Crippen molar-refractivity contribution in [3.05, 3.63) is 11.7 Å². The molecule has 0 N–H and O–H groups in total. The molecule has 0 spiro atoms. The SMILES string of the molecule is CCCOC(=O)CCc1nc(CCC)no1. The van der Waals surface area contributed by atoms with Crippen molar-refractivity contribution in [3.63, 3.8) is 0 Å². The van der Waals surface area contributed by atoms with Crippen molar-refractivity contribution >= 4 is 5.97 Å². The van der Waals surface area contributed by atoms with Gasteiger partial charge in [0.2, 0.25) is 5.89 Å². The van der Waals surface area contributed by atoms with Gasteiger partial charge in [0.1, 0.15) is 0 Å². The van der Waals surface area contributed by atoms with Gasteiger partial charge in [0.25, 0.3) is 0 Å². The molecule has 0 radical (unpaired) electrons. The maximum Gasteiger partial charge on any atom is 0.306 e. The summed E-state index contributed by atoms with van der Waals surface area (Å²) in [5.74, 6) is 1.01. The quantitative estimate of drug-likeness (QED) is 0.664. The van der Waals surface area contributed by atoms with Gasteiger partial charge in [-0.3, -0.25) is 4.79 Å². The molecule has 1 aromatic rings. The number of hydrogen-bond donors (Lipinski definition) is 0. The molecule has 1 rings (SSSR count). The fourth-order valence-electron chi connectivity index (χ4n) is 1.21. The number of aromatic nitrogens is 2. The number of nitrogens with zero attached hydrogens (tertiary/aromatic N) is 2. The number of esters is 1. The number of ether oxygens (including phenoxy) is 1. The van der Waals surface area contributed by atoms with Crippen LogP contribution in [0.15, 0.2) is 4.52 Å². The van der Waals surface area contributed by atoms with Crippen LogP contribution in [-0.4, -0.2) is 22.7 Å². The molecule has 0 unspecified atom stereocenters. The molecular weight excluding hydrogens is 208 g/mol. The molecule has 90 valence electrons. The van der Waals surface area contributed by atoms with E-state index in [4.69, 9.17) is 9.26 Å². The first-order valence-corrected chi connectivity index (χ1v) is 5.73. The van der Waals surface area contributed by atoms with E-state index in [1.165, 1.54) is 0 Å². The Kier molecular flexibility index (Phi) is 5.53. The van der Waals surface area contributed by atoms with E-state index in [9.17, 15) is 4.79 Å². The highest BCUT2D eigenvalue weighted by Gasteiger charge is 2.09. The first-order chi connectivity index (χ1) is 7.76. The first kappa shape index (κ1) is 12.7. The molecule has 0 saturated carbocycles. The zero-order valence-electron chi connectivity index (χ0n) is 9.86. The molecule has 0 aliphatic carbocycles. The Morgan fingerprint density at radius 2 is 2.12 bits per heavy atom. The minimum Gasteiger partial charge on any atom is -0.466 e. The van der Waals surface area contributed by atoms with E-state index in [0.717, 1.165) is 19.3 Å². The van der Waals surface area contributed by atoms with Gasteiger partial charge in [0.05, 0.1) is 13.0 Å². The van der Waals surface area contributed by atoms with Gasteiger partial charge in [-0.05, 0) is 12.8 Å². The lowest BCUT2D eigenvalue weighted by Gasteiger charge is -2.00. The van der Waals surface area contributed by atoms with E-state index in [0.29, 0.717) is 31.2 Å². The molecule has 0 aliphatic rings. The van der Waals surface area contributed by atoms with Crippen molar-refractivity contribution in [2.45, 2.75) is 46.0 Å². The fraction of sp³-hybridized carbons (Fsp3) is 0.727. The summed E-state index contributed by atoms with van der Waals surface area (Å²) < 4.78 is 9.94. The summed E-state index contributed by atoms with van der Waals surface area (Å²) in [6.07, 6.45) is 3.39. The maximum absolute atomic E-state index is 11.2. The van der Waals surface area contributed by atoms with Crippen molar-refractivity contribution in [2.75, 3.05) is 6.61 Å². The molecule has 0 bridgehead atoms. The normalized spacial score (nSPS) is 10.4. The van der Waals surface area contributed by atoms with Gasteiger partial charge in [-0.25, -0.2) is 0 Å². The predicted octanol–water partition coefficient (Wildman–Crippen LogP) is 1.91. The van der Waals surface area contributed by atoms with Crippen molar-refractivity contribution in [1.29, 1.82) is 0 Å². The maximum atomic E-state index is 11.2. The zero-order valence-corrected chi connectivity index (χ0v) is 9.86. The largest absolute Gasteiger partial charge is 0.466 e. The zero-order chi connectivity index (χ0) is 11.8. The van der Waals surface area contributed by atoms with Gasteiger partial charge < -0.3 is 9.26 Å². The van der Waals surface area contributed by atoms with Crippen LogP contribution in [0.2, 0.25) is 0 Å². The van der Waals surface area contributed by atoms with Crippen LogP contribution in [0.4, 0.5) is 0 Å². The topological polar surface area (TPSA) is 65.2 Å². The third-order valence-corrected chi connectivity index (χ3v) is 1.99. The van der Waals surface area contributed by atoms with E-state index < -0.39 is 0 Å². The molecule has 16 heavy (non-hydrogen) atoms. The summed E-state index contributed by atoms with van der Waals surface area (Å²) in [7, 11) is 0. The van der Waals surface area contributed by atoms with Gasteiger partial charge in [-0.15, -0.1) is 0 Å². The minimum atomic E-state index is -0.211. The standard InChI is InChI=1S/C11H18N2O3/c1-3-5-9-12-10(16-13-9)6-7-11(14)15-8-4-2/h3-8H2,1-2H3. The molecule has 5 nitrogen and oxygen atoms in total. The molecule has 5 heteroatoms. The summed E-state index contributed by atoms with van der Waals surface area (Å²) in [6, 6.07) is 0. The summed E-state index contributed by atoms with van der Waals surface area (Å²) in [5, 5.41) is 3.81. The predicted molar refractivity (Wildman–Crippen MR) is 57.9 cm³/mol. The number of carbonyl (C=O) groups is 1. The van der Waals surface area contributed by atoms with Crippen LogP contribution in [0.5, 0.6) is 0 Å². The average Bonchev–Trinajstić information content (AvgIpc) is 2.72. The number of rotatable bonds is 7. The molecule has 0 aromatic carbocycles. The van der Waals surface area contributed by atoms with Gasteiger partial charge in [-0.2, -0.15) is 4.98 Å². The Labute approximate surface area is 95.2 Å². The number of aryl methyl sites for hydroxylation is 2. The Balaban J connectivity index is 2.28. The van der Waals surface area contributed by atoms with E-state index in [2.05, 4.69) is 17.1 Å². The van der Waals surface area contributed by atoms with E-state index in [1.807, 2.05) is 6.92 Å². The molecular formula is C11H18N2O3. The van der Waals surface area contributed by atoms with Gasteiger partial charge >= 0.3 is 5.97 Å². The molecule has 1 heterocycles. The van der Waals surface area contributed by atoms with Gasteiger partial charge in [0, 0.05) is 12.8 Å². The molecule has 0 atom stereocenters. The Hall–Kier alpha value is -1.39. The van der Waals surface area contributed by atoms with Crippen LogP contribution in [0.1, 0.15) is 44.8 Å². The van der Waals surface area contributed by atoms with Crippen LogP contribution in [0, 0.1) is 0 Å². The van der Waals surface area contributed by atoms with Crippen LogP contribution in [0.3, 0.4) is 0 Å². The van der Waals surface area contributed by atoms with Gasteiger partial charge in [0.15, 0.2) is 5.82 Å².